The largest absolute Gasteiger partial charge is 0.394 e. The molecule has 4 rings (SSSR count). The van der Waals surface area contributed by atoms with Crippen LogP contribution in [0.2, 0.25) is 0 Å². The highest BCUT2D eigenvalue weighted by atomic mass is 79.9. The molecule has 8 heteroatoms. The van der Waals surface area contributed by atoms with Gasteiger partial charge in [-0.15, -0.1) is 0 Å². The van der Waals surface area contributed by atoms with Gasteiger partial charge in [-0.05, 0) is 40.2 Å². The zero-order valence-corrected chi connectivity index (χ0v) is 15.1. The van der Waals surface area contributed by atoms with Crippen molar-refractivity contribution in [3.8, 4) is 0 Å². The molecule has 0 saturated carbocycles. The molecular formula is C17H18BrN5O2. The summed E-state index contributed by atoms with van der Waals surface area (Å²) < 4.78 is 8.15. The van der Waals surface area contributed by atoms with Crippen LogP contribution in [-0.4, -0.2) is 51.9 Å². The van der Waals surface area contributed by atoms with Gasteiger partial charge in [0.15, 0.2) is 11.5 Å². The Labute approximate surface area is 153 Å². The van der Waals surface area contributed by atoms with Crippen LogP contribution in [0.1, 0.15) is 0 Å². The lowest BCUT2D eigenvalue weighted by Gasteiger charge is -2.33. The first kappa shape index (κ1) is 16.3. The van der Waals surface area contributed by atoms with E-state index in [-0.39, 0.29) is 12.7 Å². The van der Waals surface area contributed by atoms with E-state index in [4.69, 9.17) is 4.74 Å². The minimum absolute atomic E-state index is 0.0466. The van der Waals surface area contributed by atoms with Crippen molar-refractivity contribution in [2.24, 2.45) is 0 Å². The quantitative estimate of drug-likeness (QED) is 0.696. The molecular weight excluding hydrogens is 386 g/mol. The monoisotopic (exact) mass is 403 g/mol. The minimum Gasteiger partial charge on any atom is -0.394 e. The smallest absolute Gasteiger partial charge is 0.180 e. The molecule has 1 saturated heterocycles. The van der Waals surface area contributed by atoms with Crippen molar-refractivity contribution in [3.63, 3.8) is 0 Å². The summed E-state index contributed by atoms with van der Waals surface area (Å²) in [4.78, 5) is 11.0. The molecule has 25 heavy (non-hydrogen) atoms. The van der Waals surface area contributed by atoms with Gasteiger partial charge >= 0.3 is 0 Å². The van der Waals surface area contributed by atoms with E-state index < -0.39 is 0 Å². The molecule has 2 N–H and O–H groups in total. The molecule has 3 heterocycles. The molecule has 0 spiro atoms. The standard InChI is InChI=1S/C17H18BrN5O2/c18-15-10-23-6-5-19-17(23)16(21-15)20-12-1-3-13(4-2-12)22-7-8-25-14(9-22)11-24/h1-6,10,14,24H,7-9,11H2,(H,20,21)/t14-/m0/s1. The first-order chi connectivity index (χ1) is 12.2. The van der Waals surface area contributed by atoms with Gasteiger partial charge in [-0.2, -0.15) is 0 Å². The van der Waals surface area contributed by atoms with Crippen LogP contribution in [0.15, 0.2) is 47.5 Å². The van der Waals surface area contributed by atoms with E-state index >= 15 is 0 Å². The van der Waals surface area contributed by atoms with E-state index in [2.05, 4.69) is 48.2 Å². The summed E-state index contributed by atoms with van der Waals surface area (Å²) in [6.07, 6.45) is 5.37. The Balaban J connectivity index is 1.53. The van der Waals surface area contributed by atoms with Crippen LogP contribution in [0.5, 0.6) is 0 Å². The van der Waals surface area contributed by atoms with Gasteiger partial charge in [-0.25, -0.2) is 9.97 Å². The number of hydrogen-bond acceptors (Lipinski definition) is 6. The van der Waals surface area contributed by atoms with Crippen molar-refractivity contribution in [1.29, 1.82) is 0 Å². The molecule has 0 aliphatic carbocycles. The van der Waals surface area contributed by atoms with Crippen LogP contribution >= 0.6 is 15.9 Å². The second kappa shape index (κ2) is 6.99. The zero-order valence-electron chi connectivity index (χ0n) is 13.5. The SMILES string of the molecule is OC[C@@H]1CN(c2ccc(Nc3nc(Br)cn4ccnc34)cc2)CCO1. The first-order valence-corrected chi connectivity index (χ1v) is 8.86. The fourth-order valence-electron chi connectivity index (χ4n) is 2.94. The molecule has 1 fully saturated rings. The molecule has 130 valence electrons. The highest BCUT2D eigenvalue weighted by molar-refractivity contribution is 9.10. The van der Waals surface area contributed by atoms with Crippen molar-refractivity contribution in [1.82, 2.24) is 14.4 Å². The second-order valence-electron chi connectivity index (χ2n) is 5.86. The lowest BCUT2D eigenvalue weighted by atomic mass is 10.2. The number of aromatic nitrogens is 3. The first-order valence-electron chi connectivity index (χ1n) is 8.06. The van der Waals surface area contributed by atoms with Crippen molar-refractivity contribution in [3.05, 3.63) is 47.5 Å². The molecule has 1 aliphatic heterocycles. The molecule has 0 bridgehead atoms. The number of ether oxygens (including phenoxy) is 1. The third kappa shape index (κ3) is 3.46. The summed E-state index contributed by atoms with van der Waals surface area (Å²) in [5.74, 6) is 0.693. The van der Waals surface area contributed by atoms with Crippen LogP contribution in [0.25, 0.3) is 5.65 Å². The fourth-order valence-corrected chi connectivity index (χ4v) is 3.34. The second-order valence-corrected chi connectivity index (χ2v) is 6.68. The Hall–Kier alpha value is -2.16. The van der Waals surface area contributed by atoms with Gasteiger partial charge < -0.3 is 24.5 Å². The van der Waals surface area contributed by atoms with Crippen LogP contribution in [0.3, 0.4) is 0 Å². The number of fused-ring (bicyclic) bond motifs is 1. The topological polar surface area (TPSA) is 74.9 Å². The van der Waals surface area contributed by atoms with Crippen LogP contribution in [-0.2, 0) is 4.74 Å². The van der Waals surface area contributed by atoms with E-state index in [0.717, 1.165) is 28.2 Å². The number of aliphatic hydroxyl groups is 1. The summed E-state index contributed by atoms with van der Waals surface area (Å²) >= 11 is 3.42. The van der Waals surface area contributed by atoms with E-state index in [9.17, 15) is 5.11 Å². The van der Waals surface area contributed by atoms with Gasteiger partial charge in [-0.1, -0.05) is 0 Å². The van der Waals surface area contributed by atoms with Crippen molar-refractivity contribution >= 4 is 38.8 Å². The average molecular weight is 404 g/mol. The van der Waals surface area contributed by atoms with Crippen molar-refractivity contribution in [2.75, 3.05) is 36.5 Å². The lowest BCUT2D eigenvalue weighted by Crippen LogP contribution is -2.44. The normalized spacial score (nSPS) is 17.8. The van der Waals surface area contributed by atoms with Crippen LogP contribution < -0.4 is 10.2 Å². The number of aliphatic hydroxyl groups excluding tert-OH is 1. The molecule has 3 aromatic rings. The molecule has 2 aromatic heterocycles. The maximum absolute atomic E-state index is 9.27. The summed E-state index contributed by atoms with van der Waals surface area (Å²) in [5, 5.41) is 12.6. The zero-order chi connectivity index (χ0) is 17.2. The fraction of sp³-hybridized carbons (Fsp3) is 0.294. The van der Waals surface area contributed by atoms with Gasteiger partial charge in [0, 0.05) is 43.1 Å². The molecule has 1 atom stereocenters. The Bertz CT molecular complexity index is 867. The molecule has 0 amide bonds. The maximum Gasteiger partial charge on any atom is 0.180 e. The number of nitrogens with one attached hydrogen (secondary N) is 1. The molecule has 0 unspecified atom stereocenters. The van der Waals surface area contributed by atoms with Gasteiger partial charge in [0.1, 0.15) is 4.60 Å². The Morgan fingerprint density at radius 3 is 2.96 bits per heavy atom. The van der Waals surface area contributed by atoms with Gasteiger partial charge in [0.2, 0.25) is 0 Å². The lowest BCUT2D eigenvalue weighted by molar-refractivity contribution is 0.00357. The Morgan fingerprint density at radius 1 is 1.32 bits per heavy atom. The minimum atomic E-state index is -0.119. The highest BCUT2D eigenvalue weighted by Crippen LogP contribution is 2.24. The number of rotatable bonds is 4. The summed E-state index contributed by atoms with van der Waals surface area (Å²) in [5.41, 5.74) is 2.82. The number of hydrogen-bond donors (Lipinski definition) is 2. The van der Waals surface area contributed by atoms with Gasteiger partial charge in [-0.3, -0.25) is 0 Å². The molecule has 1 aromatic carbocycles. The number of benzene rings is 1. The number of halogens is 1. The van der Waals surface area contributed by atoms with Crippen LogP contribution in [0.4, 0.5) is 17.2 Å². The summed E-state index contributed by atoms with van der Waals surface area (Å²) in [7, 11) is 0. The Morgan fingerprint density at radius 2 is 2.16 bits per heavy atom. The molecule has 0 radical (unpaired) electrons. The van der Waals surface area contributed by atoms with Gasteiger partial charge in [0.25, 0.3) is 0 Å². The van der Waals surface area contributed by atoms with E-state index in [0.29, 0.717) is 19.0 Å². The van der Waals surface area contributed by atoms with Gasteiger partial charge in [0.05, 0.1) is 19.3 Å². The third-order valence-corrected chi connectivity index (χ3v) is 4.56. The highest BCUT2D eigenvalue weighted by Gasteiger charge is 2.19. The van der Waals surface area contributed by atoms with Crippen LogP contribution in [0, 0.1) is 0 Å². The number of imidazole rings is 1. The molecule has 1 aliphatic rings. The maximum atomic E-state index is 9.27. The number of morpholine rings is 1. The predicted octanol–water partition coefficient (Wildman–Crippen LogP) is 2.43. The summed E-state index contributed by atoms with van der Waals surface area (Å²) in [6, 6.07) is 8.15. The van der Waals surface area contributed by atoms with Crippen molar-refractivity contribution < 1.29 is 9.84 Å². The number of nitrogens with zero attached hydrogens (tertiary/aromatic N) is 4. The van der Waals surface area contributed by atoms with E-state index in [1.165, 1.54) is 0 Å². The van der Waals surface area contributed by atoms with E-state index in [1.54, 1.807) is 6.20 Å². The Kier molecular flexibility index (Phi) is 4.56. The predicted molar refractivity (Wildman–Crippen MR) is 99.5 cm³/mol. The van der Waals surface area contributed by atoms with E-state index in [1.807, 2.05) is 28.9 Å². The van der Waals surface area contributed by atoms with Crippen molar-refractivity contribution in [2.45, 2.75) is 6.10 Å². The average Bonchev–Trinajstić information content (AvgIpc) is 3.11. The summed E-state index contributed by atoms with van der Waals surface area (Å²) in [6.45, 7) is 2.20. The third-order valence-electron chi connectivity index (χ3n) is 4.18. The molecule has 7 nitrogen and oxygen atoms in total. The number of anilines is 3.